The lowest BCUT2D eigenvalue weighted by atomic mass is 10.2. The van der Waals surface area contributed by atoms with Crippen molar-refractivity contribution in [1.29, 1.82) is 0 Å². The molecule has 118 valence electrons. The average Bonchev–Trinajstić information content (AvgIpc) is 3.28. The number of rotatable bonds is 5. The average molecular weight is 324 g/mol. The number of hydrogen-bond donors (Lipinski definition) is 1. The van der Waals surface area contributed by atoms with Gasteiger partial charge in [0.15, 0.2) is 5.82 Å². The summed E-state index contributed by atoms with van der Waals surface area (Å²) in [7, 11) is 0. The fourth-order valence-electron chi connectivity index (χ4n) is 3.07. The van der Waals surface area contributed by atoms with Gasteiger partial charge in [-0.2, -0.15) is 11.3 Å². The number of nitrogens with one attached hydrogen (secondary N) is 1. The maximum absolute atomic E-state index is 4.77. The quantitative estimate of drug-likeness (QED) is 0.773. The van der Waals surface area contributed by atoms with Gasteiger partial charge in [-0.25, -0.2) is 9.97 Å². The molecule has 0 bridgehead atoms. The zero-order valence-corrected chi connectivity index (χ0v) is 13.9. The van der Waals surface area contributed by atoms with E-state index in [2.05, 4.69) is 39.2 Å². The molecule has 1 fully saturated rings. The van der Waals surface area contributed by atoms with Gasteiger partial charge < -0.3 is 10.2 Å². The van der Waals surface area contributed by atoms with E-state index in [0.29, 0.717) is 0 Å². The summed E-state index contributed by atoms with van der Waals surface area (Å²) in [5.74, 6) is 1.74. The molecule has 23 heavy (non-hydrogen) atoms. The lowest BCUT2D eigenvalue weighted by molar-refractivity contribution is 0.352. The predicted octanol–water partition coefficient (Wildman–Crippen LogP) is 3.87. The second-order valence-electron chi connectivity index (χ2n) is 5.90. The van der Waals surface area contributed by atoms with Crippen LogP contribution in [0.4, 0.5) is 5.82 Å². The Kier molecular flexibility index (Phi) is 4.22. The first-order valence-corrected chi connectivity index (χ1v) is 9.10. The first kappa shape index (κ1) is 14.6. The van der Waals surface area contributed by atoms with Crippen LogP contribution in [0.3, 0.4) is 0 Å². The molecule has 1 aliphatic heterocycles. The Morgan fingerprint density at radius 2 is 1.96 bits per heavy atom. The number of thiophene rings is 1. The van der Waals surface area contributed by atoms with Gasteiger partial charge in [0.25, 0.3) is 0 Å². The van der Waals surface area contributed by atoms with Crippen LogP contribution in [0.2, 0.25) is 0 Å². The zero-order chi connectivity index (χ0) is 15.5. The lowest BCUT2D eigenvalue weighted by Gasteiger charge is -2.16. The van der Waals surface area contributed by atoms with E-state index in [1.54, 1.807) is 11.3 Å². The summed E-state index contributed by atoms with van der Waals surface area (Å²) in [5.41, 5.74) is 2.08. The summed E-state index contributed by atoms with van der Waals surface area (Å²) in [6, 6.07) is 10.3. The molecule has 2 aromatic heterocycles. The molecule has 4 nitrogen and oxygen atoms in total. The number of aromatic nitrogens is 2. The minimum absolute atomic E-state index is 0.800. The molecule has 1 saturated heterocycles. The third kappa shape index (κ3) is 3.21. The van der Waals surface area contributed by atoms with Crippen LogP contribution in [-0.2, 0) is 0 Å². The third-order valence-corrected chi connectivity index (χ3v) is 4.98. The second-order valence-corrected chi connectivity index (χ2v) is 6.68. The summed E-state index contributed by atoms with van der Waals surface area (Å²) in [6.45, 7) is 4.45. The lowest BCUT2D eigenvalue weighted by Crippen LogP contribution is -2.26. The molecule has 0 saturated carbocycles. The summed E-state index contributed by atoms with van der Waals surface area (Å²) < 4.78 is 0. The molecule has 1 aromatic carbocycles. The van der Waals surface area contributed by atoms with Crippen molar-refractivity contribution in [3.8, 4) is 11.4 Å². The van der Waals surface area contributed by atoms with Crippen LogP contribution >= 0.6 is 11.3 Å². The molecule has 0 atom stereocenters. The fraction of sp³-hybridized carbons (Fsp3) is 0.333. The molecule has 0 aliphatic carbocycles. The monoisotopic (exact) mass is 324 g/mol. The molecule has 5 heteroatoms. The largest absolute Gasteiger partial charge is 0.368 e. The molecule has 4 rings (SSSR count). The van der Waals surface area contributed by atoms with Gasteiger partial charge in [-0.1, -0.05) is 12.1 Å². The van der Waals surface area contributed by atoms with Gasteiger partial charge in [0, 0.05) is 29.4 Å². The van der Waals surface area contributed by atoms with E-state index >= 15 is 0 Å². The number of para-hydroxylation sites is 1. The van der Waals surface area contributed by atoms with Crippen molar-refractivity contribution in [2.75, 3.05) is 31.5 Å². The smallest absolute Gasteiger partial charge is 0.162 e. The van der Waals surface area contributed by atoms with E-state index in [-0.39, 0.29) is 0 Å². The number of benzene rings is 1. The standard InChI is InChI=1S/C18H20N4S/c1-2-6-16-15(5-1)18(19-8-11-22-9-3-4-10-22)21-17(20-16)14-7-12-23-13-14/h1-2,5-7,12-13H,3-4,8-11H2,(H,19,20,21). The van der Waals surface area contributed by atoms with Crippen molar-refractivity contribution in [3.63, 3.8) is 0 Å². The molecule has 0 spiro atoms. The Bertz CT molecular complexity index is 779. The zero-order valence-electron chi connectivity index (χ0n) is 13.0. The van der Waals surface area contributed by atoms with Crippen molar-refractivity contribution in [3.05, 3.63) is 41.1 Å². The van der Waals surface area contributed by atoms with Gasteiger partial charge in [0.05, 0.1) is 5.52 Å². The van der Waals surface area contributed by atoms with Crippen LogP contribution in [0.15, 0.2) is 41.1 Å². The van der Waals surface area contributed by atoms with E-state index in [4.69, 9.17) is 9.97 Å². The van der Waals surface area contributed by atoms with Crippen LogP contribution in [0.1, 0.15) is 12.8 Å². The van der Waals surface area contributed by atoms with Gasteiger partial charge in [-0.3, -0.25) is 0 Å². The van der Waals surface area contributed by atoms with Gasteiger partial charge in [-0.05, 0) is 49.5 Å². The van der Waals surface area contributed by atoms with Crippen LogP contribution in [0.25, 0.3) is 22.3 Å². The van der Waals surface area contributed by atoms with Gasteiger partial charge in [0.1, 0.15) is 5.82 Å². The summed E-state index contributed by atoms with van der Waals surface area (Å²) in [4.78, 5) is 12.0. The molecule has 0 amide bonds. The number of fused-ring (bicyclic) bond motifs is 1. The summed E-state index contributed by atoms with van der Waals surface area (Å²) in [6.07, 6.45) is 2.66. The van der Waals surface area contributed by atoms with Gasteiger partial charge in [0.2, 0.25) is 0 Å². The highest BCUT2D eigenvalue weighted by Gasteiger charge is 2.12. The van der Waals surface area contributed by atoms with E-state index in [1.165, 1.54) is 25.9 Å². The van der Waals surface area contributed by atoms with E-state index in [0.717, 1.165) is 41.2 Å². The van der Waals surface area contributed by atoms with Crippen LogP contribution in [0.5, 0.6) is 0 Å². The number of nitrogens with zero attached hydrogens (tertiary/aromatic N) is 3. The first-order chi connectivity index (χ1) is 11.4. The van der Waals surface area contributed by atoms with Crippen molar-refractivity contribution in [2.24, 2.45) is 0 Å². The first-order valence-electron chi connectivity index (χ1n) is 8.16. The molecule has 0 unspecified atom stereocenters. The Balaban J connectivity index is 1.60. The SMILES string of the molecule is c1ccc2c(NCCN3CCCC3)nc(-c3ccsc3)nc2c1. The Labute approximate surface area is 140 Å². The topological polar surface area (TPSA) is 41.0 Å². The molecule has 1 aliphatic rings. The van der Waals surface area contributed by atoms with Crippen LogP contribution in [0, 0.1) is 0 Å². The molecule has 3 aromatic rings. The van der Waals surface area contributed by atoms with Crippen molar-refractivity contribution in [1.82, 2.24) is 14.9 Å². The highest BCUT2D eigenvalue weighted by molar-refractivity contribution is 7.08. The highest BCUT2D eigenvalue weighted by Crippen LogP contribution is 2.25. The molecule has 0 radical (unpaired) electrons. The molecule has 3 heterocycles. The molecular weight excluding hydrogens is 304 g/mol. The Hall–Kier alpha value is -1.98. The highest BCUT2D eigenvalue weighted by atomic mass is 32.1. The number of anilines is 1. The maximum atomic E-state index is 4.77. The number of likely N-dealkylation sites (tertiary alicyclic amines) is 1. The van der Waals surface area contributed by atoms with E-state index in [9.17, 15) is 0 Å². The predicted molar refractivity (Wildman–Crippen MR) is 97.0 cm³/mol. The van der Waals surface area contributed by atoms with Gasteiger partial charge >= 0.3 is 0 Å². The Morgan fingerprint density at radius 3 is 2.78 bits per heavy atom. The summed E-state index contributed by atoms with van der Waals surface area (Å²) in [5, 5.41) is 8.78. The van der Waals surface area contributed by atoms with Crippen molar-refractivity contribution < 1.29 is 0 Å². The van der Waals surface area contributed by atoms with E-state index in [1.807, 2.05) is 12.1 Å². The maximum Gasteiger partial charge on any atom is 0.162 e. The Morgan fingerprint density at radius 1 is 1.09 bits per heavy atom. The van der Waals surface area contributed by atoms with Crippen LogP contribution < -0.4 is 5.32 Å². The van der Waals surface area contributed by atoms with Crippen LogP contribution in [-0.4, -0.2) is 41.0 Å². The van der Waals surface area contributed by atoms with Gasteiger partial charge in [-0.15, -0.1) is 0 Å². The minimum atomic E-state index is 0.800. The fourth-order valence-corrected chi connectivity index (χ4v) is 3.71. The van der Waals surface area contributed by atoms with E-state index < -0.39 is 0 Å². The minimum Gasteiger partial charge on any atom is -0.368 e. The summed E-state index contributed by atoms with van der Waals surface area (Å²) >= 11 is 1.67. The van der Waals surface area contributed by atoms with Crippen molar-refractivity contribution >= 4 is 28.1 Å². The molecule has 1 N–H and O–H groups in total. The second kappa shape index (κ2) is 6.64. The normalized spacial score (nSPS) is 15.3. The van der Waals surface area contributed by atoms with Crippen molar-refractivity contribution in [2.45, 2.75) is 12.8 Å². The molecular formula is C18H20N4S. The third-order valence-electron chi connectivity index (χ3n) is 4.30. The number of hydrogen-bond acceptors (Lipinski definition) is 5.